The maximum atomic E-state index is 12.4. The van der Waals surface area contributed by atoms with Crippen molar-refractivity contribution in [2.45, 2.75) is 52.1 Å². The Morgan fingerprint density at radius 1 is 1.52 bits per heavy atom. The molecule has 1 unspecified atom stereocenters. The molecular weight excluding hydrogens is 284 g/mol. The van der Waals surface area contributed by atoms with Crippen molar-refractivity contribution >= 4 is 17.2 Å². The number of aryl methyl sites for hydroxylation is 2. The number of rotatable bonds is 3. The minimum atomic E-state index is -0.0644. The van der Waals surface area contributed by atoms with Gasteiger partial charge in [-0.25, -0.2) is 4.98 Å². The first-order valence-corrected chi connectivity index (χ1v) is 8.17. The van der Waals surface area contributed by atoms with E-state index >= 15 is 0 Å². The van der Waals surface area contributed by atoms with E-state index in [1.54, 1.807) is 28.4 Å². The molecule has 1 aliphatic rings. The summed E-state index contributed by atoms with van der Waals surface area (Å²) in [5.74, 6) is -0.0644. The fourth-order valence-electron chi connectivity index (χ4n) is 2.66. The standard InChI is InChI=1S/C15H20N4OS/c1-9(2)19-8-11(7-16-19)15(20)18-12-5-4-6-13-14(12)17-10(3)21-13/h7-9,12H,4-6H2,1-3H3,(H,18,20). The molecule has 1 atom stereocenters. The van der Waals surface area contributed by atoms with Gasteiger partial charge in [0.05, 0.1) is 28.5 Å². The highest BCUT2D eigenvalue weighted by molar-refractivity contribution is 7.11. The van der Waals surface area contributed by atoms with Gasteiger partial charge in [-0.1, -0.05) is 0 Å². The van der Waals surface area contributed by atoms with E-state index in [2.05, 4.69) is 15.4 Å². The SMILES string of the molecule is Cc1nc2c(s1)CCCC2NC(=O)c1cnn(C(C)C)c1. The van der Waals surface area contributed by atoms with Crippen LogP contribution in [-0.2, 0) is 6.42 Å². The Balaban J connectivity index is 1.76. The third-order valence-corrected chi connectivity index (χ3v) is 4.81. The maximum Gasteiger partial charge on any atom is 0.255 e. The Morgan fingerprint density at radius 3 is 3.05 bits per heavy atom. The van der Waals surface area contributed by atoms with Crippen LogP contribution in [0.1, 0.15) is 64.7 Å². The van der Waals surface area contributed by atoms with Gasteiger partial charge in [0.25, 0.3) is 5.91 Å². The van der Waals surface area contributed by atoms with Crippen molar-refractivity contribution < 1.29 is 4.79 Å². The molecule has 1 N–H and O–H groups in total. The Hall–Kier alpha value is -1.69. The van der Waals surface area contributed by atoms with Crippen molar-refractivity contribution in [1.82, 2.24) is 20.1 Å². The summed E-state index contributed by atoms with van der Waals surface area (Å²) >= 11 is 1.75. The molecule has 0 fully saturated rings. The summed E-state index contributed by atoms with van der Waals surface area (Å²) in [4.78, 5) is 18.3. The Morgan fingerprint density at radius 2 is 2.33 bits per heavy atom. The molecule has 0 spiro atoms. The van der Waals surface area contributed by atoms with Crippen LogP contribution in [-0.4, -0.2) is 20.7 Å². The normalized spacial score (nSPS) is 17.8. The lowest BCUT2D eigenvalue weighted by Crippen LogP contribution is -2.30. The molecule has 2 heterocycles. The van der Waals surface area contributed by atoms with Gasteiger partial charge in [-0.3, -0.25) is 9.48 Å². The largest absolute Gasteiger partial charge is 0.344 e. The van der Waals surface area contributed by atoms with Gasteiger partial charge >= 0.3 is 0 Å². The summed E-state index contributed by atoms with van der Waals surface area (Å²) in [6, 6.07) is 0.294. The van der Waals surface area contributed by atoms with Crippen LogP contribution in [0.4, 0.5) is 0 Å². The van der Waals surface area contributed by atoms with Crippen molar-refractivity contribution in [3.8, 4) is 0 Å². The molecule has 1 amide bonds. The average molecular weight is 304 g/mol. The summed E-state index contributed by atoms with van der Waals surface area (Å²) in [5, 5.41) is 8.41. The third-order valence-electron chi connectivity index (χ3n) is 3.76. The molecule has 3 rings (SSSR count). The van der Waals surface area contributed by atoms with Crippen molar-refractivity contribution in [1.29, 1.82) is 0 Å². The summed E-state index contributed by atoms with van der Waals surface area (Å²) in [7, 11) is 0. The highest BCUT2D eigenvalue weighted by atomic mass is 32.1. The summed E-state index contributed by atoms with van der Waals surface area (Å²) in [6.45, 7) is 6.11. The molecule has 21 heavy (non-hydrogen) atoms. The monoisotopic (exact) mass is 304 g/mol. The van der Waals surface area contributed by atoms with E-state index < -0.39 is 0 Å². The minimum absolute atomic E-state index is 0.0357. The van der Waals surface area contributed by atoms with Gasteiger partial charge in [0.2, 0.25) is 0 Å². The predicted molar refractivity (Wildman–Crippen MR) is 82.6 cm³/mol. The molecule has 0 radical (unpaired) electrons. The number of fused-ring (bicyclic) bond motifs is 1. The van der Waals surface area contributed by atoms with Gasteiger partial charge in [0.1, 0.15) is 0 Å². The van der Waals surface area contributed by atoms with Crippen LogP contribution in [0.5, 0.6) is 0 Å². The second-order valence-electron chi connectivity index (χ2n) is 5.76. The molecule has 2 aromatic rings. The van der Waals surface area contributed by atoms with Gasteiger partial charge < -0.3 is 5.32 Å². The van der Waals surface area contributed by atoms with Crippen molar-refractivity contribution in [2.75, 3.05) is 0 Å². The zero-order chi connectivity index (χ0) is 15.0. The van der Waals surface area contributed by atoms with Gasteiger partial charge in [-0.2, -0.15) is 5.10 Å². The van der Waals surface area contributed by atoms with Gasteiger partial charge in [0, 0.05) is 17.1 Å². The second-order valence-corrected chi connectivity index (χ2v) is 7.05. The number of aromatic nitrogens is 3. The van der Waals surface area contributed by atoms with E-state index in [-0.39, 0.29) is 18.0 Å². The Kier molecular flexibility index (Phi) is 3.80. The first-order valence-electron chi connectivity index (χ1n) is 7.36. The number of carbonyl (C=O) groups excluding carboxylic acids is 1. The van der Waals surface area contributed by atoms with Crippen LogP contribution in [0, 0.1) is 6.92 Å². The van der Waals surface area contributed by atoms with Gasteiger partial charge in [0.15, 0.2) is 0 Å². The number of carbonyl (C=O) groups is 1. The molecule has 0 saturated carbocycles. The Labute approximate surface area is 128 Å². The van der Waals surface area contributed by atoms with Crippen molar-refractivity contribution in [3.63, 3.8) is 0 Å². The number of hydrogen-bond acceptors (Lipinski definition) is 4. The lowest BCUT2D eigenvalue weighted by molar-refractivity contribution is 0.0932. The summed E-state index contributed by atoms with van der Waals surface area (Å²) < 4.78 is 1.80. The van der Waals surface area contributed by atoms with E-state index in [9.17, 15) is 4.79 Å². The zero-order valence-electron chi connectivity index (χ0n) is 12.6. The summed E-state index contributed by atoms with van der Waals surface area (Å²) in [6.07, 6.45) is 6.57. The second kappa shape index (κ2) is 5.60. The highest BCUT2D eigenvalue weighted by Crippen LogP contribution is 2.33. The lowest BCUT2D eigenvalue weighted by Gasteiger charge is -2.22. The van der Waals surface area contributed by atoms with Crippen LogP contribution in [0.25, 0.3) is 0 Å². The van der Waals surface area contributed by atoms with Crippen molar-refractivity contribution in [2.24, 2.45) is 0 Å². The number of thiazole rings is 1. The average Bonchev–Trinajstić information content (AvgIpc) is 3.04. The molecule has 5 nitrogen and oxygen atoms in total. The smallest absolute Gasteiger partial charge is 0.255 e. The molecule has 112 valence electrons. The number of nitrogens with one attached hydrogen (secondary N) is 1. The zero-order valence-corrected chi connectivity index (χ0v) is 13.4. The predicted octanol–water partition coefficient (Wildman–Crippen LogP) is 3.04. The highest BCUT2D eigenvalue weighted by Gasteiger charge is 2.26. The fourth-order valence-corrected chi connectivity index (χ4v) is 3.70. The topological polar surface area (TPSA) is 59.8 Å². The van der Waals surface area contributed by atoms with E-state index in [1.165, 1.54) is 4.88 Å². The molecule has 0 bridgehead atoms. The quantitative estimate of drug-likeness (QED) is 0.948. The molecule has 0 aromatic carbocycles. The van der Waals surface area contributed by atoms with E-state index in [0.29, 0.717) is 5.56 Å². The van der Waals surface area contributed by atoms with E-state index in [0.717, 1.165) is 30.0 Å². The summed E-state index contributed by atoms with van der Waals surface area (Å²) in [5.41, 5.74) is 1.68. The number of hydrogen-bond donors (Lipinski definition) is 1. The van der Waals surface area contributed by atoms with Crippen LogP contribution < -0.4 is 5.32 Å². The Bertz CT molecular complexity index is 658. The fraction of sp³-hybridized carbons (Fsp3) is 0.533. The third kappa shape index (κ3) is 2.85. The number of nitrogens with zero attached hydrogens (tertiary/aromatic N) is 3. The van der Waals surface area contributed by atoms with Crippen LogP contribution in [0.15, 0.2) is 12.4 Å². The van der Waals surface area contributed by atoms with Crippen LogP contribution in [0.3, 0.4) is 0 Å². The first kappa shape index (κ1) is 14.3. The molecule has 0 saturated heterocycles. The lowest BCUT2D eigenvalue weighted by atomic mass is 9.97. The molecule has 2 aromatic heterocycles. The molecule has 0 aliphatic heterocycles. The molecule has 6 heteroatoms. The maximum absolute atomic E-state index is 12.4. The molecular formula is C15H20N4OS. The first-order chi connectivity index (χ1) is 10.0. The van der Waals surface area contributed by atoms with Crippen molar-refractivity contribution in [3.05, 3.63) is 33.5 Å². The van der Waals surface area contributed by atoms with Crippen LogP contribution >= 0.6 is 11.3 Å². The van der Waals surface area contributed by atoms with E-state index in [4.69, 9.17) is 0 Å². The van der Waals surface area contributed by atoms with Crippen LogP contribution in [0.2, 0.25) is 0 Å². The van der Waals surface area contributed by atoms with Gasteiger partial charge in [-0.05, 0) is 40.0 Å². The van der Waals surface area contributed by atoms with E-state index in [1.807, 2.05) is 20.8 Å². The minimum Gasteiger partial charge on any atom is -0.344 e. The van der Waals surface area contributed by atoms with Gasteiger partial charge in [-0.15, -0.1) is 11.3 Å². The molecule has 1 aliphatic carbocycles. The number of amides is 1.